The summed E-state index contributed by atoms with van der Waals surface area (Å²) >= 11 is 0. The van der Waals surface area contributed by atoms with E-state index < -0.39 is 11.7 Å². The maximum atomic E-state index is 11.6. The second kappa shape index (κ2) is 6.34. The van der Waals surface area contributed by atoms with Gasteiger partial charge in [0.1, 0.15) is 11.9 Å². The molecule has 2 aromatic rings. The molecule has 0 saturated carbocycles. The molecule has 0 spiro atoms. The number of amides is 1. The molecule has 7 heteroatoms. The third kappa shape index (κ3) is 4.55. The van der Waals surface area contributed by atoms with Gasteiger partial charge in [0.05, 0.1) is 24.4 Å². The fourth-order valence-corrected chi connectivity index (χ4v) is 1.76. The average Bonchev–Trinajstić information content (AvgIpc) is 2.86. The lowest BCUT2D eigenvalue weighted by atomic mass is 10.2. The Morgan fingerprint density at radius 2 is 1.95 bits per heavy atom. The third-order valence-electron chi connectivity index (χ3n) is 2.59. The van der Waals surface area contributed by atoms with Gasteiger partial charge in [-0.1, -0.05) is 0 Å². The first kappa shape index (κ1) is 15.0. The summed E-state index contributed by atoms with van der Waals surface area (Å²) in [6.07, 6.45) is 8.55. The van der Waals surface area contributed by atoms with Gasteiger partial charge in [0.25, 0.3) is 0 Å². The van der Waals surface area contributed by atoms with Crippen molar-refractivity contribution in [3.8, 4) is 5.69 Å². The minimum atomic E-state index is -0.493. The topological polar surface area (TPSA) is 81.9 Å². The molecule has 21 heavy (non-hydrogen) atoms. The molecular weight excluding hydrogens is 270 g/mol. The van der Waals surface area contributed by atoms with Crippen LogP contribution in [-0.4, -0.2) is 37.8 Å². The Kier molecular flexibility index (Phi) is 4.52. The normalized spacial score (nSPS) is 11.2. The number of nitrogens with one attached hydrogen (secondary N) is 1. The van der Waals surface area contributed by atoms with Gasteiger partial charge >= 0.3 is 6.09 Å². The lowest BCUT2D eigenvalue weighted by Crippen LogP contribution is -2.33. The smallest absolute Gasteiger partial charge is 0.407 e. The SMILES string of the molecule is CC(C)(C)OC(=O)NCCc1cncn1-c1cncnc1. The summed E-state index contributed by atoms with van der Waals surface area (Å²) in [7, 11) is 0. The predicted octanol–water partition coefficient (Wildman–Crippen LogP) is 1.73. The van der Waals surface area contributed by atoms with Gasteiger partial charge in [-0.05, 0) is 20.8 Å². The van der Waals surface area contributed by atoms with E-state index in [1.807, 2.05) is 25.3 Å². The van der Waals surface area contributed by atoms with Gasteiger partial charge < -0.3 is 14.6 Å². The first-order chi connectivity index (χ1) is 9.96. The monoisotopic (exact) mass is 289 g/mol. The number of hydrogen-bond acceptors (Lipinski definition) is 5. The van der Waals surface area contributed by atoms with E-state index in [4.69, 9.17) is 4.74 Å². The number of carbonyl (C=O) groups excluding carboxylic acids is 1. The minimum absolute atomic E-state index is 0.420. The largest absolute Gasteiger partial charge is 0.444 e. The number of imidazole rings is 1. The molecule has 2 aromatic heterocycles. The van der Waals surface area contributed by atoms with Gasteiger partial charge in [-0.25, -0.2) is 19.7 Å². The molecule has 2 rings (SSSR count). The maximum Gasteiger partial charge on any atom is 0.407 e. The molecule has 0 saturated heterocycles. The predicted molar refractivity (Wildman–Crippen MR) is 77.1 cm³/mol. The summed E-state index contributed by atoms with van der Waals surface area (Å²) in [5.41, 5.74) is 1.30. The van der Waals surface area contributed by atoms with Crippen LogP contribution in [-0.2, 0) is 11.2 Å². The number of ether oxygens (including phenoxy) is 1. The van der Waals surface area contributed by atoms with Crippen molar-refractivity contribution in [1.29, 1.82) is 0 Å². The molecule has 0 aromatic carbocycles. The fourth-order valence-electron chi connectivity index (χ4n) is 1.76. The number of aromatic nitrogens is 4. The number of rotatable bonds is 4. The highest BCUT2D eigenvalue weighted by molar-refractivity contribution is 5.67. The maximum absolute atomic E-state index is 11.6. The first-order valence-electron chi connectivity index (χ1n) is 6.69. The van der Waals surface area contributed by atoms with Gasteiger partial charge in [-0.3, -0.25) is 0 Å². The molecule has 2 heterocycles. The molecule has 7 nitrogen and oxygen atoms in total. The molecule has 0 unspecified atom stereocenters. The zero-order valence-electron chi connectivity index (χ0n) is 12.4. The van der Waals surface area contributed by atoms with Crippen molar-refractivity contribution in [3.63, 3.8) is 0 Å². The number of hydrogen-bond donors (Lipinski definition) is 1. The van der Waals surface area contributed by atoms with Crippen LogP contribution in [0.5, 0.6) is 0 Å². The highest BCUT2D eigenvalue weighted by Crippen LogP contribution is 2.09. The van der Waals surface area contributed by atoms with E-state index in [-0.39, 0.29) is 0 Å². The molecular formula is C14H19N5O2. The Labute approximate surface area is 123 Å². The van der Waals surface area contributed by atoms with Gasteiger partial charge in [-0.2, -0.15) is 0 Å². The molecule has 0 atom stereocenters. The van der Waals surface area contributed by atoms with Crippen molar-refractivity contribution in [2.75, 3.05) is 6.54 Å². The van der Waals surface area contributed by atoms with E-state index in [1.54, 1.807) is 24.9 Å². The van der Waals surface area contributed by atoms with Gasteiger partial charge in [0.2, 0.25) is 0 Å². The van der Waals surface area contributed by atoms with E-state index in [0.29, 0.717) is 13.0 Å². The van der Waals surface area contributed by atoms with Crippen LogP contribution >= 0.6 is 0 Å². The summed E-state index contributed by atoms with van der Waals surface area (Å²) < 4.78 is 7.07. The summed E-state index contributed by atoms with van der Waals surface area (Å²) in [4.78, 5) is 23.6. The third-order valence-corrected chi connectivity index (χ3v) is 2.59. The number of carbonyl (C=O) groups is 1. The molecule has 0 aliphatic carbocycles. The van der Waals surface area contributed by atoms with Crippen molar-refractivity contribution >= 4 is 6.09 Å². The summed E-state index contributed by atoms with van der Waals surface area (Å²) in [5.74, 6) is 0. The van der Waals surface area contributed by atoms with Gasteiger partial charge in [0, 0.05) is 24.9 Å². The zero-order chi connectivity index (χ0) is 15.3. The molecule has 0 radical (unpaired) electrons. The molecule has 0 aliphatic rings. The summed E-state index contributed by atoms with van der Waals surface area (Å²) in [6, 6.07) is 0. The summed E-state index contributed by atoms with van der Waals surface area (Å²) in [6.45, 7) is 5.96. The molecule has 0 fully saturated rings. The molecule has 1 amide bonds. The Morgan fingerprint density at radius 3 is 2.62 bits per heavy atom. The highest BCUT2D eigenvalue weighted by atomic mass is 16.6. The van der Waals surface area contributed by atoms with Gasteiger partial charge in [0.15, 0.2) is 0 Å². The van der Waals surface area contributed by atoms with Crippen molar-refractivity contribution in [2.45, 2.75) is 32.8 Å². The van der Waals surface area contributed by atoms with Crippen molar-refractivity contribution in [1.82, 2.24) is 24.8 Å². The van der Waals surface area contributed by atoms with Crippen LogP contribution < -0.4 is 5.32 Å². The van der Waals surface area contributed by atoms with Crippen LogP contribution in [0.1, 0.15) is 26.5 Å². The Bertz CT molecular complexity index is 589. The minimum Gasteiger partial charge on any atom is -0.444 e. The van der Waals surface area contributed by atoms with E-state index in [9.17, 15) is 4.79 Å². The quantitative estimate of drug-likeness (QED) is 0.927. The van der Waals surface area contributed by atoms with Crippen LogP contribution in [0, 0.1) is 0 Å². The Morgan fingerprint density at radius 1 is 1.24 bits per heavy atom. The standard InChI is InChI=1S/C14H19N5O2/c1-14(2,3)21-13(20)18-5-4-11-6-17-10-19(11)12-7-15-9-16-8-12/h6-10H,4-5H2,1-3H3,(H,18,20). The van der Waals surface area contributed by atoms with E-state index >= 15 is 0 Å². The van der Waals surface area contributed by atoms with E-state index in [0.717, 1.165) is 11.4 Å². The molecule has 0 aliphatic heterocycles. The van der Waals surface area contributed by atoms with Crippen LogP contribution in [0.3, 0.4) is 0 Å². The zero-order valence-corrected chi connectivity index (χ0v) is 12.4. The Balaban J connectivity index is 1.91. The van der Waals surface area contributed by atoms with E-state index in [2.05, 4.69) is 20.3 Å². The Hall–Kier alpha value is -2.44. The molecule has 112 valence electrons. The van der Waals surface area contributed by atoms with E-state index in [1.165, 1.54) is 6.33 Å². The molecule has 0 bridgehead atoms. The van der Waals surface area contributed by atoms with Crippen molar-refractivity contribution < 1.29 is 9.53 Å². The van der Waals surface area contributed by atoms with Crippen LogP contribution in [0.25, 0.3) is 5.69 Å². The van der Waals surface area contributed by atoms with Crippen LogP contribution in [0.2, 0.25) is 0 Å². The van der Waals surface area contributed by atoms with Crippen molar-refractivity contribution in [2.24, 2.45) is 0 Å². The molecule has 1 N–H and O–H groups in total. The summed E-state index contributed by atoms with van der Waals surface area (Å²) in [5, 5.41) is 2.72. The number of alkyl carbamates (subject to hydrolysis) is 1. The van der Waals surface area contributed by atoms with Crippen LogP contribution in [0.15, 0.2) is 31.2 Å². The van der Waals surface area contributed by atoms with Crippen LogP contribution in [0.4, 0.5) is 4.79 Å². The fraction of sp³-hybridized carbons (Fsp3) is 0.429. The van der Waals surface area contributed by atoms with Gasteiger partial charge in [-0.15, -0.1) is 0 Å². The second-order valence-electron chi connectivity index (χ2n) is 5.53. The lowest BCUT2D eigenvalue weighted by Gasteiger charge is -2.19. The first-order valence-corrected chi connectivity index (χ1v) is 6.69. The highest BCUT2D eigenvalue weighted by Gasteiger charge is 2.15. The lowest BCUT2D eigenvalue weighted by molar-refractivity contribution is 0.0528. The second-order valence-corrected chi connectivity index (χ2v) is 5.53. The average molecular weight is 289 g/mol. The number of nitrogens with zero attached hydrogens (tertiary/aromatic N) is 4. The van der Waals surface area contributed by atoms with Crippen molar-refractivity contribution in [3.05, 3.63) is 36.9 Å².